The van der Waals surface area contributed by atoms with Crippen LogP contribution in [-0.4, -0.2) is 28.6 Å². The van der Waals surface area contributed by atoms with Crippen molar-refractivity contribution in [1.29, 1.82) is 0 Å². The van der Waals surface area contributed by atoms with Gasteiger partial charge in [0.15, 0.2) is 5.78 Å². The van der Waals surface area contributed by atoms with Crippen LogP contribution >= 0.6 is 0 Å². The largest absolute Gasteiger partial charge is 0.426 e. The van der Waals surface area contributed by atoms with Crippen molar-refractivity contribution in [1.82, 2.24) is 0 Å². The molecule has 1 atom stereocenters. The maximum atomic E-state index is 13.6. The molecule has 0 bridgehead atoms. The molecule has 2 aromatic carbocycles. The summed E-state index contributed by atoms with van der Waals surface area (Å²) >= 11 is 0. The molecule has 0 saturated carbocycles. The maximum absolute atomic E-state index is 13.6. The van der Waals surface area contributed by atoms with Crippen LogP contribution in [0.4, 0.5) is 27.6 Å². The Kier molecular flexibility index (Phi) is 5.13. The second-order valence-corrected chi connectivity index (χ2v) is 5.55. The van der Waals surface area contributed by atoms with E-state index >= 15 is 0 Å². The highest BCUT2D eigenvalue weighted by molar-refractivity contribution is 6.09. The van der Waals surface area contributed by atoms with Crippen molar-refractivity contribution in [3.05, 3.63) is 65.2 Å². The highest BCUT2D eigenvalue weighted by atomic mass is 19.4. The highest BCUT2D eigenvalue weighted by Crippen LogP contribution is 2.31. The molecule has 0 radical (unpaired) electrons. The zero-order valence-electron chi connectivity index (χ0n) is 13.2. The molecule has 0 spiro atoms. The number of hydrogen-bond acceptors (Lipinski definition) is 3. The molecular formula is C17H12F5NO3. The monoisotopic (exact) mass is 373 g/mol. The highest BCUT2D eigenvalue weighted by Gasteiger charge is 2.55. The van der Waals surface area contributed by atoms with E-state index < -0.39 is 40.7 Å². The van der Waals surface area contributed by atoms with E-state index in [1.165, 1.54) is 0 Å². The van der Waals surface area contributed by atoms with Crippen LogP contribution in [0.3, 0.4) is 0 Å². The van der Waals surface area contributed by atoms with E-state index in [-0.39, 0.29) is 11.3 Å². The minimum atomic E-state index is -5.18. The Bertz CT molecular complexity index is 844. The van der Waals surface area contributed by atoms with E-state index in [1.54, 1.807) is 0 Å². The summed E-state index contributed by atoms with van der Waals surface area (Å²) in [6.07, 6.45) is -5.18. The van der Waals surface area contributed by atoms with Gasteiger partial charge in [-0.25, -0.2) is 8.78 Å². The van der Waals surface area contributed by atoms with Crippen LogP contribution in [-0.2, 0) is 4.79 Å². The first kappa shape index (κ1) is 19.5. The number of aliphatic hydroxyl groups is 1. The van der Waals surface area contributed by atoms with Gasteiger partial charge in [0.05, 0.1) is 5.56 Å². The van der Waals surface area contributed by atoms with Crippen LogP contribution < -0.4 is 5.32 Å². The van der Waals surface area contributed by atoms with Gasteiger partial charge in [-0.05, 0) is 49.4 Å². The Morgan fingerprint density at radius 3 is 2.12 bits per heavy atom. The van der Waals surface area contributed by atoms with Crippen LogP contribution in [0.1, 0.15) is 22.8 Å². The van der Waals surface area contributed by atoms with Gasteiger partial charge >= 0.3 is 6.18 Å². The van der Waals surface area contributed by atoms with Crippen LogP contribution in [0.5, 0.6) is 0 Å². The third-order valence-electron chi connectivity index (χ3n) is 3.57. The summed E-state index contributed by atoms with van der Waals surface area (Å²) in [7, 11) is 0. The molecule has 1 amide bonds. The number of anilines is 1. The van der Waals surface area contributed by atoms with E-state index in [9.17, 15) is 36.6 Å². The van der Waals surface area contributed by atoms with E-state index in [1.807, 2.05) is 5.32 Å². The van der Waals surface area contributed by atoms with Crippen molar-refractivity contribution >= 4 is 17.4 Å². The minimum Gasteiger partial charge on any atom is -0.373 e. The predicted octanol–water partition coefficient (Wildman–Crippen LogP) is 3.45. The molecule has 1 unspecified atom stereocenters. The molecule has 9 heteroatoms. The van der Waals surface area contributed by atoms with Crippen LogP contribution in [0.2, 0.25) is 0 Å². The van der Waals surface area contributed by atoms with Crippen molar-refractivity contribution in [2.45, 2.75) is 18.7 Å². The summed E-state index contributed by atoms with van der Waals surface area (Å²) in [6.45, 7) is 0.299. The topological polar surface area (TPSA) is 66.4 Å². The first-order valence-corrected chi connectivity index (χ1v) is 7.14. The summed E-state index contributed by atoms with van der Waals surface area (Å²) in [5.74, 6) is -4.30. The molecule has 2 rings (SSSR count). The van der Waals surface area contributed by atoms with Crippen molar-refractivity contribution in [2.24, 2.45) is 0 Å². The summed E-state index contributed by atoms with van der Waals surface area (Å²) in [4.78, 5) is 23.7. The first-order valence-electron chi connectivity index (χ1n) is 7.14. The van der Waals surface area contributed by atoms with Gasteiger partial charge in [-0.1, -0.05) is 0 Å². The van der Waals surface area contributed by atoms with Gasteiger partial charge in [-0.15, -0.1) is 0 Å². The van der Waals surface area contributed by atoms with Crippen molar-refractivity contribution in [3.8, 4) is 0 Å². The normalized spacial score (nSPS) is 13.8. The quantitative estimate of drug-likeness (QED) is 0.637. The molecule has 26 heavy (non-hydrogen) atoms. The lowest BCUT2D eigenvalue weighted by Gasteiger charge is -2.24. The zero-order valence-corrected chi connectivity index (χ0v) is 13.2. The van der Waals surface area contributed by atoms with Crippen molar-refractivity contribution in [2.75, 3.05) is 5.32 Å². The number of ketones is 1. The Morgan fingerprint density at radius 1 is 1.00 bits per heavy atom. The van der Waals surface area contributed by atoms with Gasteiger partial charge in [-0.2, -0.15) is 13.2 Å². The predicted molar refractivity (Wildman–Crippen MR) is 81.5 cm³/mol. The number of hydrogen-bond donors (Lipinski definition) is 2. The van der Waals surface area contributed by atoms with Gasteiger partial charge in [0, 0.05) is 11.3 Å². The average Bonchev–Trinajstić information content (AvgIpc) is 2.56. The number of carbonyl (C=O) groups is 2. The Hall–Kier alpha value is -2.81. The van der Waals surface area contributed by atoms with Gasteiger partial charge in [-0.3, -0.25) is 9.59 Å². The molecule has 2 N–H and O–H groups in total. The summed E-state index contributed by atoms with van der Waals surface area (Å²) < 4.78 is 64.6. The fourth-order valence-corrected chi connectivity index (χ4v) is 1.91. The van der Waals surface area contributed by atoms with Crippen LogP contribution in [0.25, 0.3) is 0 Å². The van der Waals surface area contributed by atoms with Gasteiger partial charge in [0.2, 0.25) is 5.60 Å². The maximum Gasteiger partial charge on any atom is 0.426 e. The average molecular weight is 373 g/mol. The van der Waals surface area contributed by atoms with Gasteiger partial charge < -0.3 is 10.4 Å². The molecule has 0 fully saturated rings. The van der Waals surface area contributed by atoms with E-state index in [0.29, 0.717) is 13.0 Å². The molecule has 0 saturated heterocycles. The molecule has 0 aliphatic heterocycles. The van der Waals surface area contributed by atoms with Gasteiger partial charge in [0.1, 0.15) is 11.6 Å². The molecule has 0 aliphatic carbocycles. The lowest BCUT2D eigenvalue weighted by atomic mass is 10.0. The molecule has 0 aromatic heterocycles. The first-order chi connectivity index (χ1) is 11.9. The third kappa shape index (κ3) is 3.88. The molecule has 4 nitrogen and oxygen atoms in total. The van der Waals surface area contributed by atoms with Crippen LogP contribution in [0.15, 0.2) is 42.5 Å². The molecule has 0 heterocycles. The second-order valence-electron chi connectivity index (χ2n) is 5.55. The van der Waals surface area contributed by atoms with Crippen LogP contribution in [0, 0.1) is 11.6 Å². The standard InChI is InChI=1S/C17H12F5NO3/c1-16(26,17(20,21)22)15(25)23-11-5-2-9(3-6-11)14(24)12-8-10(18)4-7-13(12)19/h2-8,26H,1H3,(H,23,25). The second kappa shape index (κ2) is 6.83. The Morgan fingerprint density at radius 2 is 1.58 bits per heavy atom. The lowest BCUT2D eigenvalue weighted by Crippen LogP contribution is -2.52. The fraction of sp³-hybridized carbons (Fsp3) is 0.176. The summed E-state index contributed by atoms with van der Waals surface area (Å²) in [5.41, 5.74) is -4.32. The number of amides is 1. The molecule has 0 aliphatic rings. The lowest BCUT2D eigenvalue weighted by molar-refractivity contribution is -0.242. The zero-order chi connectivity index (χ0) is 19.7. The molecule has 138 valence electrons. The fourth-order valence-electron chi connectivity index (χ4n) is 1.91. The number of carbonyl (C=O) groups excluding carboxylic acids is 2. The SMILES string of the molecule is CC(O)(C(=O)Nc1ccc(C(=O)c2cc(F)ccc2F)cc1)C(F)(F)F. The van der Waals surface area contributed by atoms with E-state index in [2.05, 4.69) is 0 Å². The Labute approximate surface area is 144 Å². The number of alkyl halides is 3. The number of halogens is 5. The number of nitrogens with one attached hydrogen (secondary N) is 1. The number of benzene rings is 2. The summed E-state index contributed by atoms with van der Waals surface area (Å²) in [6, 6.07) is 6.76. The number of rotatable bonds is 4. The Balaban J connectivity index is 2.20. The molecule has 2 aromatic rings. The minimum absolute atomic E-state index is 0.0740. The van der Waals surface area contributed by atoms with Crippen molar-refractivity contribution in [3.63, 3.8) is 0 Å². The summed E-state index contributed by atoms with van der Waals surface area (Å²) in [5, 5.41) is 11.1. The smallest absolute Gasteiger partial charge is 0.373 e. The van der Waals surface area contributed by atoms with E-state index in [0.717, 1.165) is 36.4 Å². The molecular weight excluding hydrogens is 361 g/mol. The van der Waals surface area contributed by atoms with E-state index in [4.69, 9.17) is 0 Å². The third-order valence-corrected chi connectivity index (χ3v) is 3.57. The van der Waals surface area contributed by atoms with Gasteiger partial charge in [0.25, 0.3) is 5.91 Å². The van der Waals surface area contributed by atoms with Crippen molar-refractivity contribution < 1.29 is 36.6 Å².